The van der Waals surface area contributed by atoms with E-state index in [1.807, 2.05) is 39.0 Å². The van der Waals surface area contributed by atoms with Gasteiger partial charge in [-0.15, -0.1) is 0 Å². The number of carbonyl (C=O) groups is 1. The van der Waals surface area contributed by atoms with Crippen LogP contribution in [0.25, 0.3) is 11.1 Å². The number of aliphatic hydroxyl groups is 1. The lowest BCUT2D eigenvalue weighted by Gasteiger charge is -2.11. The molecule has 2 heterocycles. The first-order chi connectivity index (χ1) is 13.8. The Bertz CT molecular complexity index is 1000. The Labute approximate surface area is 168 Å². The van der Waals surface area contributed by atoms with E-state index >= 15 is 0 Å². The van der Waals surface area contributed by atoms with Crippen molar-refractivity contribution >= 4 is 17.5 Å². The molecule has 3 aromatic rings. The number of anilines is 2. The molecule has 0 spiro atoms. The highest BCUT2D eigenvalue weighted by Crippen LogP contribution is 2.26. The van der Waals surface area contributed by atoms with Gasteiger partial charge in [-0.2, -0.15) is 10.1 Å². The molecule has 152 valence electrons. The maximum Gasteiger partial charge on any atom is 0.248 e. The maximum absolute atomic E-state index is 11.0. The van der Waals surface area contributed by atoms with Gasteiger partial charge in [-0.05, 0) is 44.0 Å². The van der Waals surface area contributed by atoms with Crippen LogP contribution in [0.2, 0.25) is 0 Å². The summed E-state index contributed by atoms with van der Waals surface area (Å²) in [6.45, 7) is 5.85. The Morgan fingerprint density at radius 3 is 2.83 bits per heavy atom. The summed E-state index contributed by atoms with van der Waals surface area (Å²) in [5.74, 6) is 0.146. The van der Waals surface area contributed by atoms with Gasteiger partial charge in [0, 0.05) is 29.7 Å². The minimum atomic E-state index is -1.28. The summed E-state index contributed by atoms with van der Waals surface area (Å²) in [7, 11) is 0. The van der Waals surface area contributed by atoms with E-state index in [2.05, 4.69) is 20.4 Å². The van der Waals surface area contributed by atoms with Crippen LogP contribution in [0.1, 0.15) is 19.4 Å². The number of rotatable bonds is 8. The predicted octanol–water partition coefficient (Wildman–Crippen LogP) is 2.03. The lowest BCUT2D eigenvalue weighted by molar-refractivity contribution is -0.126. The number of amides is 1. The minimum absolute atomic E-state index is 0.00272. The first kappa shape index (κ1) is 20.3. The third kappa shape index (κ3) is 5.52. The Balaban J connectivity index is 1.80. The van der Waals surface area contributed by atoms with Crippen molar-refractivity contribution in [3.63, 3.8) is 0 Å². The first-order valence-corrected chi connectivity index (χ1v) is 9.19. The van der Waals surface area contributed by atoms with Crippen molar-refractivity contribution in [1.29, 1.82) is 0 Å². The van der Waals surface area contributed by atoms with Crippen molar-refractivity contribution in [3.05, 3.63) is 48.4 Å². The summed E-state index contributed by atoms with van der Waals surface area (Å²) in [6, 6.07) is 7.64. The Hall–Kier alpha value is -3.46. The van der Waals surface area contributed by atoms with Crippen LogP contribution in [-0.4, -0.2) is 43.0 Å². The van der Waals surface area contributed by atoms with E-state index in [0.29, 0.717) is 11.8 Å². The molecule has 3 rings (SSSR count). The van der Waals surface area contributed by atoms with Gasteiger partial charge in [-0.25, -0.2) is 4.98 Å². The molecule has 0 aliphatic carbocycles. The number of nitrogens with zero attached hydrogens (tertiary/aromatic N) is 4. The van der Waals surface area contributed by atoms with Gasteiger partial charge in [-0.1, -0.05) is 6.07 Å². The number of primary amides is 1. The number of benzene rings is 1. The van der Waals surface area contributed by atoms with Crippen molar-refractivity contribution < 1.29 is 14.6 Å². The molecule has 29 heavy (non-hydrogen) atoms. The van der Waals surface area contributed by atoms with Crippen LogP contribution in [0.15, 0.2) is 42.9 Å². The zero-order valence-electron chi connectivity index (χ0n) is 16.5. The molecule has 0 aliphatic heterocycles. The molecule has 1 unspecified atom stereocenters. The number of hydrogen-bond acceptors (Lipinski definition) is 7. The molecule has 1 atom stereocenters. The number of nitrogens with one attached hydrogen (secondary N) is 1. The number of nitrogens with two attached hydrogens (primary N) is 1. The second kappa shape index (κ2) is 8.70. The van der Waals surface area contributed by atoms with E-state index in [0.717, 1.165) is 22.4 Å². The van der Waals surface area contributed by atoms with Crippen LogP contribution in [0.3, 0.4) is 0 Å². The van der Waals surface area contributed by atoms with Crippen LogP contribution in [0.4, 0.5) is 11.6 Å². The summed E-state index contributed by atoms with van der Waals surface area (Å²) in [4.78, 5) is 19.6. The molecule has 1 aromatic carbocycles. The third-order valence-corrected chi connectivity index (χ3v) is 3.97. The van der Waals surface area contributed by atoms with E-state index < -0.39 is 12.0 Å². The van der Waals surface area contributed by atoms with Crippen LogP contribution >= 0.6 is 0 Å². The van der Waals surface area contributed by atoms with Crippen molar-refractivity contribution in [2.24, 2.45) is 5.73 Å². The van der Waals surface area contributed by atoms with Crippen LogP contribution in [0, 0.1) is 6.92 Å². The number of ether oxygens (including phenoxy) is 1. The van der Waals surface area contributed by atoms with Crippen molar-refractivity contribution in [2.75, 3.05) is 5.32 Å². The smallest absolute Gasteiger partial charge is 0.248 e. The SMILES string of the molecule is Cc1cc(Nc2nccc(OC(C)C)n2)cc(-c2cnn(CC(O)C(N)=O)c2)c1. The molecular formula is C20H24N6O3. The molecular weight excluding hydrogens is 372 g/mol. The number of hydrogen-bond donors (Lipinski definition) is 3. The van der Waals surface area contributed by atoms with Gasteiger partial charge in [0.05, 0.1) is 18.8 Å². The summed E-state index contributed by atoms with van der Waals surface area (Å²) >= 11 is 0. The highest BCUT2D eigenvalue weighted by molar-refractivity contribution is 5.78. The van der Waals surface area contributed by atoms with Crippen molar-refractivity contribution in [3.8, 4) is 17.0 Å². The molecule has 2 aromatic heterocycles. The van der Waals surface area contributed by atoms with Gasteiger partial charge in [0.15, 0.2) is 6.10 Å². The van der Waals surface area contributed by atoms with Crippen molar-refractivity contribution in [2.45, 2.75) is 39.5 Å². The first-order valence-electron chi connectivity index (χ1n) is 9.19. The van der Waals surface area contributed by atoms with Crippen LogP contribution in [-0.2, 0) is 11.3 Å². The Kier molecular flexibility index (Phi) is 6.08. The molecule has 0 radical (unpaired) electrons. The Morgan fingerprint density at radius 1 is 1.31 bits per heavy atom. The molecule has 0 bridgehead atoms. The second-order valence-corrected chi connectivity index (χ2v) is 6.97. The number of aryl methyl sites for hydroxylation is 1. The third-order valence-electron chi connectivity index (χ3n) is 3.97. The van der Waals surface area contributed by atoms with Crippen LogP contribution in [0.5, 0.6) is 5.88 Å². The molecule has 0 fully saturated rings. The maximum atomic E-state index is 11.0. The largest absolute Gasteiger partial charge is 0.475 e. The highest BCUT2D eigenvalue weighted by Gasteiger charge is 2.13. The monoisotopic (exact) mass is 396 g/mol. The number of aromatic nitrogens is 4. The standard InChI is InChI=1S/C20H24N6O3/c1-12(2)29-18-4-5-22-20(25-18)24-16-7-13(3)6-14(8-16)15-9-23-26(10-15)11-17(27)19(21)28/h4-10,12,17,27H,11H2,1-3H3,(H2,21,28)(H,22,24,25). The fourth-order valence-electron chi connectivity index (χ4n) is 2.74. The van der Waals surface area contributed by atoms with Gasteiger partial charge >= 0.3 is 0 Å². The molecule has 1 amide bonds. The van der Waals surface area contributed by atoms with Gasteiger partial charge in [0.25, 0.3) is 0 Å². The zero-order valence-corrected chi connectivity index (χ0v) is 16.5. The van der Waals surface area contributed by atoms with E-state index in [1.165, 1.54) is 4.68 Å². The highest BCUT2D eigenvalue weighted by atomic mass is 16.5. The van der Waals surface area contributed by atoms with Gasteiger partial charge in [0.2, 0.25) is 17.7 Å². The van der Waals surface area contributed by atoms with Gasteiger partial charge in [0.1, 0.15) is 0 Å². The summed E-state index contributed by atoms with van der Waals surface area (Å²) in [5, 5.41) is 17.0. The molecule has 9 nitrogen and oxygen atoms in total. The Morgan fingerprint density at radius 2 is 2.10 bits per heavy atom. The zero-order chi connectivity index (χ0) is 21.0. The van der Waals surface area contributed by atoms with E-state index in [4.69, 9.17) is 10.5 Å². The summed E-state index contributed by atoms with van der Waals surface area (Å²) in [6.07, 6.45) is 3.79. The quantitative estimate of drug-likeness (QED) is 0.531. The second-order valence-electron chi connectivity index (χ2n) is 6.97. The molecule has 4 N–H and O–H groups in total. The van der Waals surface area contributed by atoms with E-state index in [9.17, 15) is 9.90 Å². The average Bonchev–Trinajstić information content (AvgIpc) is 3.09. The fourth-order valence-corrected chi connectivity index (χ4v) is 2.74. The summed E-state index contributed by atoms with van der Waals surface area (Å²) < 4.78 is 7.09. The molecule has 0 saturated carbocycles. The number of aliphatic hydroxyl groups excluding tert-OH is 1. The number of carbonyl (C=O) groups excluding carboxylic acids is 1. The lowest BCUT2D eigenvalue weighted by Crippen LogP contribution is -2.32. The predicted molar refractivity (Wildman–Crippen MR) is 109 cm³/mol. The van der Waals surface area contributed by atoms with Gasteiger partial charge < -0.3 is 20.9 Å². The van der Waals surface area contributed by atoms with Crippen LogP contribution < -0.4 is 15.8 Å². The topological polar surface area (TPSA) is 128 Å². The molecule has 0 aliphatic rings. The minimum Gasteiger partial charge on any atom is -0.475 e. The fraction of sp³-hybridized carbons (Fsp3) is 0.300. The lowest BCUT2D eigenvalue weighted by atomic mass is 10.1. The van der Waals surface area contributed by atoms with E-state index in [-0.39, 0.29) is 12.6 Å². The normalized spacial score (nSPS) is 12.0. The van der Waals surface area contributed by atoms with Crippen molar-refractivity contribution in [1.82, 2.24) is 19.7 Å². The molecule has 0 saturated heterocycles. The molecule has 9 heteroatoms. The van der Waals surface area contributed by atoms with Gasteiger partial charge in [-0.3, -0.25) is 9.48 Å². The van der Waals surface area contributed by atoms with E-state index in [1.54, 1.807) is 24.7 Å². The average molecular weight is 396 g/mol. The summed E-state index contributed by atoms with van der Waals surface area (Å²) in [5.41, 5.74) is 8.69.